The molecule has 0 aliphatic carbocycles. The van der Waals surface area contributed by atoms with Gasteiger partial charge in [0, 0.05) is 18.3 Å². The van der Waals surface area contributed by atoms with Crippen LogP contribution in [0.3, 0.4) is 0 Å². The van der Waals surface area contributed by atoms with Crippen LogP contribution in [0.2, 0.25) is 0 Å². The van der Waals surface area contributed by atoms with Gasteiger partial charge in [-0.25, -0.2) is 0 Å². The Bertz CT molecular complexity index is 759. The van der Waals surface area contributed by atoms with Gasteiger partial charge in [0.25, 0.3) is 0 Å². The van der Waals surface area contributed by atoms with Crippen molar-refractivity contribution in [3.63, 3.8) is 0 Å². The zero-order chi connectivity index (χ0) is 18.2. The Hall–Kier alpha value is -3.02. The lowest BCUT2D eigenvalue weighted by Gasteiger charge is -2.10. The first kappa shape index (κ1) is 18.3. The predicted molar refractivity (Wildman–Crippen MR) is 96.1 cm³/mol. The summed E-state index contributed by atoms with van der Waals surface area (Å²) in [6, 6.07) is 12.9. The average molecular weight is 342 g/mol. The van der Waals surface area contributed by atoms with E-state index in [0.717, 1.165) is 11.1 Å². The number of rotatable bonds is 6. The zero-order valence-corrected chi connectivity index (χ0v) is 14.6. The summed E-state index contributed by atoms with van der Waals surface area (Å²) in [4.78, 5) is 23.9. The average Bonchev–Trinajstić information content (AvgIpc) is 2.61. The molecule has 2 rings (SSSR count). The van der Waals surface area contributed by atoms with Gasteiger partial charge < -0.3 is 20.1 Å². The van der Waals surface area contributed by atoms with E-state index >= 15 is 0 Å². The molecular formula is C19H22N2O4. The number of aryl methyl sites for hydroxylation is 1. The maximum absolute atomic E-state index is 12.0. The van der Waals surface area contributed by atoms with Crippen LogP contribution in [0.1, 0.15) is 11.1 Å². The smallest absolute Gasteiger partial charge is 0.313 e. The van der Waals surface area contributed by atoms with E-state index in [-0.39, 0.29) is 0 Å². The molecule has 6 heteroatoms. The third-order valence-corrected chi connectivity index (χ3v) is 3.63. The Morgan fingerprint density at radius 1 is 0.960 bits per heavy atom. The summed E-state index contributed by atoms with van der Waals surface area (Å²) in [5, 5.41) is 5.15. The van der Waals surface area contributed by atoms with Gasteiger partial charge in [-0.1, -0.05) is 29.8 Å². The van der Waals surface area contributed by atoms with Gasteiger partial charge in [0.15, 0.2) is 11.5 Å². The second-order valence-corrected chi connectivity index (χ2v) is 5.52. The van der Waals surface area contributed by atoms with Gasteiger partial charge in [-0.05, 0) is 31.0 Å². The van der Waals surface area contributed by atoms with Crippen molar-refractivity contribution in [3.05, 3.63) is 53.6 Å². The molecule has 2 aromatic carbocycles. The molecule has 0 aliphatic rings. The first-order chi connectivity index (χ1) is 12.0. The molecule has 0 saturated heterocycles. The van der Waals surface area contributed by atoms with Crippen LogP contribution in [0.25, 0.3) is 0 Å². The summed E-state index contributed by atoms with van der Waals surface area (Å²) in [6.45, 7) is 2.40. The quantitative estimate of drug-likeness (QED) is 0.790. The topological polar surface area (TPSA) is 76.7 Å². The molecule has 0 spiro atoms. The first-order valence-electron chi connectivity index (χ1n) is 7.90. The van der Waals surface area contributed by atoms with Crippen LogP contribution in [0.15, 0.2) is 42.5 Å². The number of anilines is 1. The summed E-state index contributed by atoms with van der Waals surface area (Å²) < 4.78 is 10.3. The molecule has 0 aromatic heterocycles. The number of hydrogen-bond donors (Lipinski definition) is 2. The highest BCUT2D eigenvalue weighted by Crippen LogP contribution is 2.29. The van der Waals surface area contributed by atoms with Crippen LogP contribution in [-0.2, 0) is 16.0 Å². The van der Waals surface area contributed by atoms with Crippen LogP contribution < -0.4 is 20.1 Å². The zero-order valence-electron chi connectivity index (χ0n) is 14.6. The number of hydrogen-bond acceptors (Lipinski definition) is 4. The number of benzene rings is 2. The maximum Gasteiger partial charge on any atom is 0.313 e. The molecule has 0 aliphatic heterocycles. The Morgan fingerprint density at radius 3 is 2.40 bits per heavy atom. The number of amides is 2. The Morgan fingerprint density at radius 2 is 1.72 bits per heavy atom. The van der Waals surface area contributed by atoms with Gasteiger partial charge in [-0.3, -0.25) is 9.59 Å². The van der Waals surface area contributed by atoms with Gasteiger partial charge >= 0.3 is 11.8 Å². The van der Waals surface area contributed by atoms with Gasteiger partial charge in [-0.2, -0.15) is 0 Å². The molecule has 0 fully saturated rings. The molecule has 2 aromatic rings. The lowest BCUT2D eigenvalue weighted by Crippen LogP contribution is -2.36. The summed E-state index contributed by atoms with van der Waals surface area (Å²) in [5.74, 6) is -0.387. The van der Waals surface area contributed by atoms with Crippen molar-refractivity contribution < 1.29 is 19.1 Å². The number of methoxy groups -OCH3 is 2. The second kappa shape index (κ2) is 8.73. The summed E-state index contributed by atoms with van der Waals surface area (Å²) in [5.41, 5.74) is 2.73. The summed E-state index contributed by atoms with van der Waals surface area (Å²) in [6.07, 6.45) is 0.664. The van der Waals surface area contributed by atoms with E-state index in [1.54, 1.807) is 18.2 Å². The number of nitrogens with one attached hydrogen (secondary N) is 2. The van der Waals surface area contributed by atoms with Crippen molar-refractivity contribution in [2.45, 2.75) is 13.3 Å². The van der Waals surface area contributed by atoms with E-state index in [1.165, 1.54) is 14.2 Å². The predicted octanol–water partition coefficient (Wildman–Crippen LogP) is 2.31. The summed E-state index contributed by atoms with van der Waals surface area (Å²) in [7, 11) is 3.03. The molecule has 2 amide bonds. The van der Waals surface area contributed by atoms with E-state index in [0.29, 0.717) is 30.2 Å². The Balaban J connectivity index is 1.87. The maximum atomic E-state index is 12.0. The van der Waals surface area contributed by atoms with E-state index in [4.69, 9.17) is 9.47 Å². The molecule has 6 nitrogen and oxygen atoms in total. The third kappa shape index (κ3) is 5.24. The van der Waals surface area contributed by atoms with E-state index in [1.807, 2.05) is 25.1 Å². The van der Waals surface area contributed by atoms with E-state index in [2.05, 4.69) is 16.7 Å². The minimum absolute atomic E-state index is 0.391. The molecule has 0 atom stereocenters. The first-order valence-corrected chi connectivity index (χ1v) is 7.90. The fraction of sp³-hybridized carbons (Fsp3) is 0.263. The number of ether oxygens (including phenoxy) is 2. The van der Waals surface area contributed by atoms with Crippen LogP contribution in [0, 0.1) is 6.92 Å². The molecule has 132 valence electrons. The fourth-order valence-electron chi connectivity index (χ4n) is 2.37. The molecule has 0 unspecified atom stereocenters. The highest BCUT2D eigenvalue weighted by atomic mass is 16.5. The molecule has 25 heavy (non-hydrogen) atoms. The molecule has 0 heterocycles. The van der Waals surface area contributed by atoms with Crippen LogP contribution in [0.5, 0.6) is 11.5 Å². The fourth-order valence-corrected chi connectivity index (χ4v) is 2.37. The minimum atomic E-state index is -0.725. The van der Waals surface area contributed by atoms with Crippen molar-refractivity contribution >= 4 is 17.5 Å². The van der Waals surface area contributed by atoms with Gasteiger partial charge in [0.2, 0.25) is 0 Å². The van der Waals surface area contributed by atoms with Crippen molar-refractivity contribution in [2.24, 2.45) is 0 Å². The lowest BCUT2D eigenvalue weighted by molar-refractivity contribution is -0.136. The number of carbonyl (C=O) groups excluding carboxylic acids is 2. The molecule has 2 N–H and O–H groups in total. The van der Waals surface area contributed by atoms with Crippen LogP contribution in [0.4, 0.5) is 5.69 Å². The second-order valence-electron chi connectivity index (χ2n) is 5.52. The SMILES string of the molecule is COc1ccc(NC(=O)C(=O)NCCc2cccc(C)c2)cc1OC. The highest BCUT2D eigenvalue weighted by molar-refractivity contribution is 6.39. The number of carbonyl (C=O) groups is 2. The van der Waals surface area contributed by atoms with Gasteiger partial charge in [-0.15, -0.1) is 0 Å². The monoisotopic (exact) mass is 342 g/mol. The van der Waals surface area contributed by atoms with Gasteiger partial charge in [0.1, 0.15) is 0 Å². The summed E-state index contributed by atoms with van der Waals surface area (Å²) >= 11 is 0. The molecule has 0 saturated carbocycles. The van der Waals surface area contributed by atoms with Crippen LogP contribution >= 0.6 is 0 Å². The van der Waals surface area contributed by atoms with E-state index in [9.17, 15) is 9.59 Å². The molecular weight excluding hydrogens is 320 g/mol. The normalized spacial score (nSPS) is 10.0. The van der Waals surface area contributed by atoms with Crippen molar-refractivity contribution in [1.82, 2.24) is 5.32 Å². The van der Waals surface area contributed by atoms with Gasteiger partial charge in [0.05, 0.1) is 14.2 Å². The largest absolute Gasteiger partial charge is 0.493 e. The van der Waals surface area contributed by atoms with Crippen LogP contribution in [-0.4, -0.2) is 32.6 Å². The standard InChI is InChI=1S/C19H22N2O4/c1-13-5-4-6-14(11-13)9-10-20-18(22)19(23)21-15-7-8-16(24-2)17(12-15)25-3/h4-8,11-12H,9-10H2,1-3H3,(H,20,22)(H,21,23). The van der Waals surface area contributed by atoms with Crippen molar-refractivity contribution in [3.8, 4) is 11.5 Å². The highest BCUT2D eigenvalue weighted by Gasteiger charge is 2.14. The Labute approximate surface area is 147 Å². The Kier molecular flexibility index (Phi) is 6.39. The van der Waals surface area contributed by atoms with E-state index < -0.39 is 11.8 Å². The third-order valence-electron chi connectivity index (χ3n) is 3.63. The minimum Gasteiger partial charge on any atom is -0.493 e. The lowest BCUT2D eigenvalue weighted by atomic mass is 10.1. The van der Waals surface area contributed by atoms with Crippen molar-refractivity contribution in [1.29, 1.82) is 0 Å². The molecule has 0 radical (unpaired) electrons. The van der Waals surface area contributed by atoms with Crippen molar-refractivity contribution in [2.75, 3.05) is 26.1 Å². The molecule has 0 bridgehead atoms.